The zero-order valence-electron chi connectivity index (χ0n) is 27.6. The van der Waals surface area contributed by atoms with E-state index in [4.69, 9.17) is 11.1 Å². The monoisotopic (exact) mass is 633 g/mol. The Hall–Kier alpha value is -5.93. The number of rotatable bonds is 8. The quantitative estimate of drug-likeness (QED) is 0.127. The second-order valence-electron chi connectivity index (χ2n) is 12.9. The highest BCUT2D eigenvalue weighted by molar-refractivity contribution is 6.20. The topological polar surface area (TPSA) is 54.8 Å². The van der Waals surface area contributed by atoms with E-state index < -0.39 is 0 Å². The molecule has 0 amide bonds. The van der Waals surface area contributed by atoms with Gasteiger partial charge in [-0.2, -0.15) is 0 Å². The number of nitrogens with two attached hydrogens (primary N) is 1. The Morgan fingerprint density at radius 2 is 1.67 bits per heavy atom. The molecule has 3 N–H and O–H groups in total. The first-order valence-electron chi connectivity index (χ1n) is 17.2. The molecular weight excluding hydrogens is 595 g/mol. The van der Waals surface area contributed by atoms with Crippen molar-refractivity contribution in [1.82, 2.24) is 4.57 Å². The average molecular weight is 634 g/mol. The highest BCUT2D eigenvalue weighted by Gasteiger charge is 2.21. The molecule has 0 fully saturated rings. The molecular formula is C46H39N3. The molecule has 49 heavy (non-hydrogen) atoms. The van der Waals surface area contributed by atoms with E-state index in [9.17, 15) is 0 Å². The van der Waals surface area contributed by atoms with Crippen LogP contribution in [0, 0.1) is 5.41 Å². The van der Waals surface area contributed by atoms with Crippen LogP contribution in [-0.4, -0.2) is 10.8 Å². The van der Waals surface area contributed by atoms with Gasteiger partial charge in [0.15, 0.2) is 0 Å². The van der Waals surface area contributed by atoms with E-state index in [0.29, 0.717) is 0 Å². The van der Waals surface area contributed by atoms with Crippen LogP contribution in [0.25, 0.3) is 67.1 Å². The van der Waals surface area contributed by atoms with Gasteiger partial charge in [-0.05, 0) is 118 Å². The molecule has 1 aromatic heterocycles. The molecule has 3 heteroatoms. The van der Waals surface area contributed by atoms with Crippen molar-refractivity contribution in [3.8, 4) is 16.8 Å². The van der Waals surface area contributed by atoms with Gasteiger partial charge >= 0.3 is 0 Å². The van der Waals surface area contributed by atoms with Gasteiger partial charge in [0, 0.05) is 28.1 Å². The van der Waals surface area contributed by atoms with Crippen molar-refractivity contribution < 1.29 is 0 Å². The standard InChI is InChI=1S/C46H39N3/c1-2-11-36(30-48)33-20-24-40-34(28-33)22-26-43-42-25-21-35(38-23-19-32(12-4-3-9-27-47)37-15-7-8-17-41(37)38)29-45(42)49(46(40)43)44-18-10-14-31-13-5-6-16-39(31)44/h2-5,8-11,13-14,17-30,48H,1,6-7,12,15-16,47H2/b4-3-,27-9-,36-11+,48-30?. The van der Waals surface area contributed by atoms with Gasteiger partial charge in [-0.3, -0.25) is 0 Å². The number of fused-ring (bicyclic) bond motifs is 7. The molecule has 3 nitrogen and oxygen atoms in total. The van der Waals surface area contributed by atoms with Gasteiger partial charge in [-0.15, -0.1) is 0 Å². The molecule has 0 aliphatic heterocycles. The second-order valence-corrected chi connectivity index (χ2v) is 12.9. The maximum atomic E-state index is 7.99. The molecule has 238 valence electrons. The maximum Gasteiger partial charge on any atom is 0.0619 e. The highest BCUT2D eigenvalue weighted by Crippen LogP contribution is 2.42. The lowest BCUT2D eigenvalue weighted by Crippen LogP contribution is -2.04. The lowest BCUT2D eigenvalue weighted by atomic mass is 9.85. The van der Waals surface area contributed by atoms with Crippen LogP contribution in [0.1, 0.15) is 46.2 Å². The first-order valence-corrected chi connectivity index (χ1v) is 17.2. The molecule has 0 unspecified atom stereocenters. The Morgan fingerprint density at radius 1 is 0.837 bits per heavy atom. The zero-order valence-corrected chi connectivity index (χ0v) is 27.6. The van der Waals surface area contributed by atoms with Crippen LogP contribution in [0.3, 0.4) is 0 Å². The summed E-state index contributed by atoms with van der Waals surface area (Å²) >= 11 is 0. The third-order valence-electron chi connectivity index (χ3n) is 10.1. The predicted octanol–water partition coefficient (Wildman–Crippen LogP) is 11.3. The minimum absolute atomic E-state index is 0.845. The largest absolute Gasteiger partial charge is 0.405 e. The van der Waals surface area contributed by atoms with E-state index in [1.165, 1.54) is 78.0 Å². The van der Waals surface area contributed by atoms with Crippen molar-refractivity contribution in [3.63, 3.8) is 0 Å². The second kappa shape index (κ2) is 12.9. The van der Waals surface area contributed by atoms with Crippen molar-refractivity contribution >= 4 is 56.5 Å². The molecule has 0 saturated carbocycles. The van der Waals surface area contributed by atoms with Crippen LogP contribution in [0.15, 0.2) is 134 Å². The fourth-order valence-corrected chi connectivity index (χ4v) is 7.86. The number of benzene rings is 5. The predicted molar refractivity (Wildman–Crippen MR) is 212 cm³/mol. The Bertz CT molecular complexity index is 2460. The lowest BCUT2D eigenvalue weighted by Gasteiger charge is -2.20. The van der Waals surface area contributed by atoms with Gasteiger partial charge in [0.05, 0.1) is 11.0 Å². The molecule has 0 bridgehead atoms. The number of nitrogens with zero attached hydrogens (tertiary/aromatic N) is 1. The summed E-state index contributed by atoms with van der Waals surface area (Å²) in [6.07, 6.45) is 27.0. The molecule has 0 radical (unpaired) electrons. The van der Waals surface area contributed by atoms with Gasteiger partial charge in [-0.1, -0.05) is 116 Å². The Balaban J connectivity index is 1.39. The molecule has 0 atom stereocenters. The molecule has 6 aromatic rings. The normalized spacial score (nSPS) is 14.3. The minimum Gasteiger partial charge on any atom is -0.405 e. The SMILES string of the molecule is C=C/C=C(\C=N)c1ccc2c(ccc3c4ccc(-c5ccc(C/C=C\C=C/N)c6c5C=CCC6)cc4n(-c4cccc5c4CCC=C5)c23)c1. The van der Waals surface area contributed by atoms with Crippen molar-refractivity contribution in [2.24, 2.45) is 5.73 Å². The van der Waals surface area contributed by atoms with Gasteiger partial charge < -0.3 is 15.7 Å². The van der Waals surface area contributed by atoms with Crippen LogP contribution in [0.4, 0.5) is 0 Å². The molecule has 5 aromatic carbocycles. The molecule has 0 spiro atoms. The summed E-state index contributed by atoms with van der Waals surface area (Å²) in [7, 11) is 0. The summed E-state index contributed by atoms with van der Waals surface area (Å²) < 4.78 is 2.53. The minimum atomic E-state index is 0.845. The van der Waals surface area contributed by atoms with E-state index in [-0.39, 0.29) is 0 Å². The van der Waals surface area contributed by atoms with E-state index >= 15 is 0 Å². The molecule has 8 rings (SSSR count). The van der Waals surface area contributed by atoms with Gasteiger partial charge in [-0.25, -0.2) is 0 Å². The number of nitrogens with one attached hydrogen (secondary N) is 1. The number of hydrogen-bond donors (Lipinski definition) is 2. The summed E-state index contributed by atoms with van der Waals surface area (Å²) in [5.41, 5.74) is 20.5. The summed E-state index contributed by atoms with van der Waals surface area (Å²) in [4.78, 5) is 0. The molecule has 1 heterocycles. The highest BCUT2D eigenvalue weighted by atomic mass is 15.0. The third kappa shape index (κ3) is 5.28. The third-order valence-corrected chi connectivity index (χ3v) is 10.1. The van der Waals surface area contributed by atoms with Gasteiger partial charge in [0.1, 0.15) is 0 Å². The van der Waals surface area contributed by atoms with Crippen molar-refractivity contribution in [2.45, 2.75) is 32.1 Å². The molecule has 2 aliphatic carbocycles. The van der Waals surface area contributed by atoms with Crippen LogP contribution in [0.2, 0.25) is 0 Å². The smallest absolute Gasteiger partial charge is 0.0619 e. The lowest BCUT2D eigenvalue weighted by molar-refractivity contribution is 0.960. The summed E-state index contributed by atoms with van der Waals surface area (Å²) in [6, 6.07) is 29.5. The Labute approximate surface area is 287 Å². The first kappa shape index (κ1) is 30.4. The first-order chi connectivity index (χ1) is 24.2. The van der Waals surface area contributed by atoms with Gasteiger partial charge in [0.2, 0.25) is 0 Å². The number of aromatic nitrogens is 1. The zero-order chi connectivity index (χ0) is 33.3. The van der Waals surface area contributed by atoms with Crippen LogP contribution in [-0.2, 0) is 19.3 Å². The Kier molecular flexibility index (Phi) is 8.03. The van der Waals surface area contributed by atoms with E-state index in [1.54, 1.807) is 12.3 Å². The summed E-state index contributed by atoms with van der Waals surface area (Å²) in [5, 5.41) is 12.8. The van der Waals surface area contributed by atoms with Crippen LogP contribution >= 0.6 is 0 Å². The fourth-order valence-electron chi connectivity index (χ4n) is 7.86. The van der Waals surface area contributed by atoms with E-state index in [1.807, 2.05) is 18.2 Å². The van der Waals surface area contributed by atoms with Crippen LogP contribution < -0.4 is 5.73 Å². The number of allylic oxidation sites excluding steroid dienone is 8. The summed E-state index contributed by atoms with van der Waals surface area (Å²) in [5.74, 6) is 0. The van der Waals surface area contributed by atoms with Gasteiger partial charge in [0.25, 0.3) is 0 Å². The Morgan fingerprint density at radius 3 is 2.53 bits per heavy atom. The molecule has 2 aliphatic rings. The summed E-state index contributed by atoms with van der Waals surface area (Å²) in [6.45, 7) is 3.86. The van der Waals surface area contributed by atoms with Crippen molar-refractivity contribution in [2.75, 3.05) is 0 Å². The molecule has 0 saturated heterocycles. The fraction of sp³-hybridized carbons (Fsp3) is 0.109. The maximum absolute atomic E-state index is 7.99. The average Bonchev–Trinajstić information content (AvgIpc) is 3.49. The van der Waals surface area contributed by atoms with Crippen molar-refractivity contribution in [3.05, 3.63) is 168 Å². The van der Waals surface area contributed by atoms with Crippen LogP contribution in [0.5, 0.6) is 0 Å². The van der Waals surface area contributed by atoms with E-state index in [0.717, 1.165) is 48.6 Å². The van der Waals surface area contributed by atoms with Crippen molar-refractivity contribution in [1.29, 1.82) is 5.41 Å². The van der Waals surface area contributed by atoms with E-state index in [2.05, 4.69) is 120 Å². The number of hydrogen-bond acceptors (Lipinski definition) is 2.